The molecule has 0 aromatic carbocycles. The van der Waals surface area contributed by atoms with Crippen LogP contribution in [0.3, 0.4) is 0 Å². The SMILES string of the molecule is CC(C)C(=O)NC(CCC=O)C(=O)O. The summed E-state index contributed by atoms with van der Waals surface area (Å²) >= 11 is 0. The summed E-state index contributed by atoms with van der Waals surface area (Å²) in [5, 5.41) is 11.1. The Bertz CT molecular complexity index is 225. The van der Waals surface area contributed by atoms with E-state index in [-0.39, 0.29) is 24.7 Å². The number of carboxylic acids is 1. The maximum absolute atomic E-state index is 11.2. The highest BCUT2D eigenvalue weighted by Gasteiger charge is 2.20. The van der Waals surface area contributed by atoms with Crippen LogP contribution in [0.2, 0.25) is 0 Å². The normalized spacial score (nSPS) is 12.2. The molecule has 0 saturated heterocycles. The first-order chi connectivity index (χ1) is 6.49. The number of carbonyl (C=O) groups excluding carboxylic acids is 2. The molecule has 0 fully saturated rings. The Hall–Kier alpha value is -1.39. The monoisotopic (exact) mass is 201 g/mol. The number of aliphatic carboxylic acids is 1. The Morgan fingerprint density at radius 1 is 1.43 bits per heavy atom. The molecule has 1 unspecified atom stereocenters. The van der Waals surface area contributed by atoms with E-state index in [9.17, 15) is 14.4 Å². The first kappa shape index (κ1) is 12.6. The molecule has 0 radical (unpaired) electrons. The number of rotatable bonds is 6. The molecular formula is C9H15NO4. The van der Waals surface area contributed by atoms with Crippen LogP contribution in [0.25, 0.3) is 0 Å². The highest BCUT2D eigenvalue weighted by molar-refractivity contribution is 5.84. The lowest BCUT2D eigenvalue weighted by molar-refractivity contribution is -0.142. The van der Waals surface area contributed by atoms with Gasteiger partial charge in [0.1, 0.15) is 12.3 Å². The predicted molar refractivity (Wildman–Crippen MR) is 49.7 cm³/mol. The minimum Gasteiger partial charge on any atom is -0.480 e. The molecule has 0 bridgehead atoms. The molecule has 14 heavy (non-hydrogen) atoms. The molecule has 0 spiro atoms. The molecule has 2 N–H and O–H groups in total. The Morgan fingerprint density at radius 3 is 2.36 bits per heavy atom. The van der Waals surface area contributed by atoms with Crippen molar-refractivity contribution in [1.29, 1.82) is 0 Å². The first-order valence-electron chi connectivity index (χ1n) is 4.45. The lowest BCUT2D eigenvalue weighted by Crippen LogP contribution is -2.42. The van der Waals surface area contributed by atoms with E-state index in [0.717, 1.165) is 0 Å². The zero-order chi connectivity index (χ0) is 11.1. The van der Waals surface area contributed by atoms with Gasteiger partial charge in [0, 0.05) is 12.3 Å². The minimum absolute atomic E-state index is 0.134. The smallest absolute Gasteiger partial charge is 0.326 e. The number of aldehydes is 1. The van der Waals surface area contributed by atoms with Gasteiger partial charge in [-0.1, -0.05) is 13.8 Å². The van der Waals surface area contributed by atoms with Crippen LogP contribution in [0.15, 0.2) is 0 Å². The molecule has 0 aromatic rings. The summed E-state index contributed by atoms with van der Waals surface area (Å²) in [5.41, 5.74) is 0. The molecule has 1 amide bonds. The number of amides is 1. The Morgan fingerprint density at radius 2 is 2.00 bits per heavy atom. The van der Waals surface area contributed by atoms with Gasteiger partial charge in [0.2, 0.25) is 5.91 Å². The van der Waals surface area contributed by atoms with E-state index in [1.807, 2.05) is 0 Å². The second kappa shape index (κ2) is 6.12. The van der Waals surface area contributed by atoms with Crippen molar-refractivity contribution >= 4 is 18.2 Å². The third-order valence-corrected chi connectivity index (χ3v) is 1.71. The van der Waals surface area contributed by atoms with Crippen LogP contribution in [0.1, 0.15) is 26.7 Å². The fourth-order valence-corrected chi connectivity index (χ4v) is 0.830. The van der Waals surface area contributed by atoms with Crippen LogP contribution < -0.4 is 5.32 Å². The highest BCUT2D eigenvalue weighted by Crippen LogP contribution is 1.99. The Kier molecular flexibility index (Phi) is 5.52. The molecule has 0 aliphatic carbocycles. The molecule has 1 atom stereocenters. The average Bonchev–Trinajstić information content (AvgIpc) is 2.10. The molecule has 5 nitrogen and oxygen atoms in total. The molecule has 5 heteroatoms. The van der Waals surface area contributed by atoms with Gasteiger partial charge >= 0.3 is 5.97 Å². The van der Waals surface area contributed by atoms with Crippen LogP contribution in [0.4, 0.5) is 0 Å². The van der Waals surface area contributed by atoms with Crippen molar-refractivity contribution in [1.82, 2.24) is 5.32 Å². The van der Waals surface area contributed by atoms with Gasteiger partial charge in [0.05, 0.1) is 0 Å². The first-order valence-corrected chi connectivity index (χ1v) is 4.45. The molecule has 0 heterocycles. The summed E-state index contributed by atoms with van der Waals surface area (Å²) in [7, 11) is 0. The lowest BCUT2D eigenvalue weighted by atomic mass is 10.1. The van der Waals surface area contributed by atoms with E-state index in [0.29, 0.717) is 6.29 Å². The van der Waals surface area contributed by atoms with Crippen molar-refractivity contribution in [2.45, 2.75) is 32.7 Å². The van der Waals surface area contributed by atoms with Gasteiger partial charge in [-0.15, -0.1) is 0 Å². The van der Waals surface area contributed by atoms with Crippen molar-refractivity contribution in [2.75, 3.05) is 0 Å². The van der Waals surface area contributed by atoms with Crippen molar-refractivity contribution in [2.24, 2.45) is 5.92 Å². The third-order valence-electron chi connectivity index (χ3n) is 1.71. The van der Waals surface area contributed by atoms with Gasteiger partial charge in [-0.05, 0) is 6.42 Å². The van der Waals surface area contributed by atoms with Crippen LogP contribution in [0, 0.1) is 5.92 Å². The van der Waals surface area contributed by atoms with Gasteiger partial charge in [0.15, 0.2) is 0 Å². The van der Waals surface area contributed by atoms with E-state index < -0.39 is 12.0 Å². The summed E-state index contributed by atoms with van der Waals surface area (Å²) in [6.07, 6.45) is 0.907. The zero-order valence-electron chi connectivity index (χ0n) is 8.32. The van der Waals surface area contributed by atoms with Gasteiger partial charge in [0.25, 0.3) is 0 Å². The van der Waals surface area contributed by atoms with Gasteiger partial charge in [-0.3, -0.25) is 4.79 Å². The Labute approximate surface area is 82.5 Å². The van der Waals surface area contributed by atoms with Crippen molar-refractivity contribution in [3.63, 3.8) is 0 Å². The van der Waals surface area contributed by atoms with Gasteiger partial charge in [-0.25, -0.2) is 4.79 Å². The van der Waals surface area contributed by atoms with E-state index in [4.69, 9.17) is 5.11 Å². The quantitative estimate of drug-likeness (QED) is 0.601. The van der Waals surface area contributed by atoms with Gasteiger partial charge < -0.3 is 15.2 Å². The second-order valence-electron chi connectivity index (χ2n) is 3.30. The minimum atomic E-state index is -1.11. The number of carboxylic acid groups (broad SMARTS) is 1. The van der Waals surface area contributed by atoms with E-state index in [2.05, 4.69) is 5.32 Å². The molecule has 80 valence electrons. The summed E-state index contributed by atoms with van der Waals surface area (Å²) in [4.78, 5) is 31.8. The van der Waals surface area contributed by atoms with Crippen LogP contribution in [-0.4, -0.2) is 29.3 Å². The summed E-state index contributed by atoms with van der Waals surface area (Å²) in [6.45, 7) is 3.35. The summed E-state index contributed by atoms with van der Waals surface area (Å²) < 4.78 is 0. The van der Waals surface area contributed by atoms with Crippen molar-refractivity contribution in [3.05, 3.63) is 0 Å². The van der Waals surface area contributed by atoms with Crippen LogP contribution in [0.5, 0.6) is 0 Å². The average molecular weight is 201 g/mol. The van der Waals surface area contributed by atoms with E-state index >= 15 is 0 Å². The van der Waals surface area contributed by atoms with Crippen molar-refractivity contribution < 1.29 is 19.5 Å². The second-order valence-corrected chi connectivity index (χ2v) is 3.30. The predicted octanol–water partition coefficient (Wildman–Crippen LogP) is 0.191. The summed E-state index contributed by atoms with van der Waals surface area (Å²) in [5.74, 6) is -1.68. The van der Waals surface area contributed by atoms with Crippen LogP contribution in [-0.2, 0) is 14.4 Å². The van der Waals surface area contributed by atoms with Crippen LogP contribution >= 0.6 is 0 Å². The van der Waals surface area contributed by atoms with E-state index in [1.54, 1.807) is 13.8 Å². The maximum atomic E-state index is 11.2. The fraction of sp³-hybridized carbons (Fsp3) is 0.667. The zero-order valence-corrected chi connectivity index (χ0v) is 8.32. The molecular weight excluding hydrogens is 186 g/mol. The lowest BCUT2D eigenvalue weighted by Gasteiger charge is -2.14. The fourth-order valence-electron chi connectivity index (χ4n) is 0.830. The number of hydrogen-bond donors (Lipinski definition) is 2. The molecule has 0 saturated carbocycles. The highest BCUT2D eigenvalue weighted by atomic mass is 16.4. The number of carbonyl (C=O) groups is 3. The maximum Gasteiger partial charge on any atom is 0.326 e. The van der Waals surface area contributed by atoms with E-state index in [1.165, 1.54) is 0 Å². The largest absolute Gasteiger partial charge is 0.480 e. The Balaban J connectivity index is 4.15. The molecule has 0 rings (SSSR count). The summed E-state index contributed by atoms with van der Waals surface area (Å²) in [6, 6.07) is -0.963. The molecule has 0 aliphatic rings. The standard InChI is InChI=1S/C9H15NO4/c1-6(2)8(12)10-7(9(13)14)4-3-5-11/h5-7H,3-4H2,1-2H3,(H,10,12)(H,13,14). The topological polar surface area (TPSA) is 83.5 Å². The molecule has 0 aromatic heterocycles. The van der Waals surface area contributed by atoms with Crippen molar-refractivity contribution in [3.8, 4) is 0 Å². The number of nitrogens with one attached hydrogen (secondary N) is 1. The third kappa shape index (κ3) is 4.59. The molecule has 0 aliphatic heterocycles. The number of hydrogen-bond acceptors (Lipinski definition) is 3. The van der Waals surface area contributed by atoms with Gasteiger partial charge in [-0.2, -0.15) is 0 Å².